The van der Waals surface area contributed by atoms with Gasteiger partial charge in [0.15, 0.2) is 5.65 Å². The molecule has 1 saturated heterocycles. The average Bonchev–Trinajstić information content (AvgIpc) is 3.43. The minimum atomic E-state index is -0.859. The Labute approximate surface area is 224 Å². The topological polar surface area (TPSA) is 84.3 Å². The van der Waals surface area contributed by atoms with Gasteiger partial charge in [0.25, 0.3) is 5.91 Å². The Morgan fingerprint density at radius 1 is 1.10 bits per heavy atom. The molecule has 4 aliphatic rings. The Morgan fingerprint density at radius 2 is 1.95 bits per heavy atom. The summed E-state index contributed by atoms with van der Waals surface area (Å²) in [5.41, 5.74) is -0.687. The van der Waals surface area contributed by atoms with Gasteiger partial charge in [0.2, 0.25) is 11.3 Å². The first-order chi connectivity index (χ1) is 18.6. The molecule has 3 aromatic rings. The molecule has 3 heterocycles. The maximum atomic E-state index is 15.1. The third-order valence-corrected chi connectivity index (χ3v) is 9.42. The van der Waals surface area contributed by atoms with E-state index in [2.05, 4.69) is 17.2 Å². The molecule has 7 rings (SSSR count). The monoisotopic (exact) mass is 532 g/mol. The number of halogens is 2. The third-order valence-electron chi connectivity index (χ3n) is 9.42. The number of piperidine rings is 1. The number of carbonyl (C=O) groups excluding carboxylic acids is 2. The van der Waals surface area contributed by atoms with Gasteiger partial charge in [-0.2, -0.15) is 0 Å². The van der Waals surface area contributed by atoms with E-state index in [-0.39, 0.29) is 28.2 Å². The highest BCUT2D eigenvalue weighted by Gasteiger charge is 2.65. The van der Waals surface area contributed by atoms with Crippen LogP contribution in [-0.2, 0) is 4.79 Å². The van der Waals surface area contributed by atoms with Gasteiger partial charge >= 0.3 is 0 Å². The highest BCUT2D eigenvalue weighted by atomic mass is 19.1. The quantitative estimate of drug-likeness (QED) is 0.519. The molecule has 202 valence electrons. The van der Waals surface area contributed by atoms with Crippen molar-refractivity contribution >= 4 is 28.7 Å². The number of hydrogen-bond donors (Lipinski definition) is 1. The normalized spacial score (nSPS) is 29.4. The Kier molecular flexibility index (Phi) is 5.28. The van der Waals surface area contributed by atoms with E-state index in [4.69, 9.17) is 0 Å². The number of fused-ring (bicyclic) bond motifs is 2. The number of benzene rings is 1. The van der Waals surface area contributed by atoms with Gasteiger partial charge < -0.3 is 5.32 Å². The van der Waals surface area contributed by atoms with E-state index in [0.717, 1.165) is 43.7 Å². The molecule has 4 unspecified atom stereocenters. The summed E-state index contributed by atoms with van der Waals surface area (Å²) >= 11 is 0. The molecule has 1 aromatic carbocycles. The second kappa shape index (κ2) is 8.44. The standard InChI is InChI=1S/C30H30F2N4O3/c1-29(12-17-10-18-14-30(18,13-17)16-29)34-28(39)21-15-36(23-7-5-19(31)11-22(23)32)27-20(26(21)38)6-8-24(33-27)35-9-3-2-4-25(35)37/h5-8,11,15,17-18H,2-4,9-10,12-14,16H2,1H3,(H,34,39). The van der Waals surface area contributed by atoms with Crippen LogP contribution in [0.3, 0.4) is 0 Å². The molecule has 9 heteroatoms. The lowest BCUT2D eigenvalue weighted by molar-refractivity contribution is -0.119. The number of nitrogens with zero attached hydrogens (tertiary/aromatic N) is 3. The van der Waals surface area contributed by atoms with E-state index in [1.807, 2.05) is 0 Å². The lowest BCUT2D eigenvalue weighted by Gasteiger charge is -2.40. The van der Waals surface area contributed by atoms with Crippen molar-refractivity contribution in [1.29, 1.82) is 0 Å². The van der Waals surface area contributed by atoms with Crippen molar-refractivity contribution in [2.75, 3.05) is 11.4 Å². The van der Waals surface area contributed by atoms with Crippen molar-refractivity contribution in [3.8, 4) is 5.69 Å². The van der Waals surface area contributed by atoms with Crippen LogP contribution in [-0.4, -0.2) is 33.4 Å². The van der Waals surface area contributed by atoms with E-state index >= 15 is 4.39 Å². The number of pyridine rings is 2. The van der Waals surface area contributed by atoms with E-state index in [0.29, 0.717) is 30.1 Å². The fourth-order valence-electron chi connectivity index (χ4n) is 7.86. The zero-order valence-corrected chi connectivity index (χ0v) is 21.8. The average molecular weight is 533 g/mol. The molecule has 2 bridgehead atoms. The second-order valence-corrected chi connectivity index (χ2v) is 12.3. The second-order valence-electron chi connectivity index (χ2n) is 12.3. The summed E-state index contributed by atoms with van der Waals surface area (Å²) in [5.74, 6) is -0.489. The van der Waals surface area contributed by atoms with Crippen LogP contribution in [0.1, 0.15) is 68.6 Å². The number of carbonyl (C=O) groups is 2. The van der Waals surface area contributed by atoms with Gasteiger partial charge in [0, 0.05) is 30.8 Å². The molecule has 4 atom stereocenters. The summed E-state index contributed by atoms with van der Waals surface area (Å²) in [4.78, 5) is 46.0. The van der Waals surface area contributed by atoms with E-state index in [1.165, 1.54) is 42.2 Å². The molecule has 3 saturated carbocycles. The molecule has 1 spiro atoms. The fourth-order valence-corrected chi connectivity index (χ4v) is 7.86. The Balaban J connectivity index is 1.33. The molecule has 2 amide bonds. The Morgan fingerprint density at radius 3 is 2.72 bits per heavy atom. The van der Waals surface area contributed by atoms with Crippen LogP contribution in [0.5, 0.6) is 0 Å². The van der Waals surface area contributed by atoms with Crippen molar-refractivity contribution < 1.29 is 18.4 Å². The summed E-state index contributed by atoms with van der Waals surface area (Å²) in [5, 5.41) is 3.28. The zero-order valence-electron chi connectivity index (χ0n) is 21.8. The van der Waals surface area contributed by atoms with Gasteiger partial charge in [0.1, 0.15) is 23.0 Å². The zero-order chi connectivity index (χ0) is 27.1. The molecular formula is C30H30F2N4O3. The first kappa shape index (κ1) is 24.4. The Bertz CT molecular complexity index is 1620. The number of anilines is 1. The third kappa shape index (κ3) is 3.96. The fraction of sp³-hybridized carbons (Fsp3) is 0.467. The highest BCUT2D eigenvalue weighted by molar-refractivity contribution is 5.98. The van der Waals surface area contributed by atoms with Crippen LogP contribution in [0, 0.1) is 28.9 Å². The summed E-state index contributed by atoms with van der Waals surface area (Å²) in [7, 11) is 0. The van der Waals surface area contributed by atoms with Gasteiger partial charge in [-0.15, -0.1) is 0 Å². The number of nitrogens with one attached hydrogen (secondary N) is 1. The van der Waals surface area contributed by atoms with Crippen LogP contribution in [0.25, 0.3) is 16.7 Å². The largest absolute Gasteiger partial charge is 0.347 e. The maximum absolute atomic E-state index is 15.1. The van der Waals surface area contributed by atoms with Gasteiger partial charge in [0.05, 0.1) is 11.1 Å². The lowest BCUT2D eigenvalue weighted by Crippen LogP contribution is -2.51. The predicted molar refractivity (Wildman–Crippen MR) is 142 cm³/mol. The van der Waals surface area contributed by atoms with Crippen LogP contribution in [0.4, 0.5) is 14.6 Å². The van der Waals surface area contributed by atoms with Gasteiger partial charge in [-0.1, -0.05) is 0 Å². The van der Waals surface area contributed by atoms with Crippen LogP contribution in [0.2, 0.25) is 0 Å². The van der Waals surface area contributed by atoms with E-state index < -0.39 is 28.5 Å². The van der Waals surface area contributed by atoms with Crippen molar-refractivity contribution in [3.05, 3.63) is 63.9 Å². The van der Waals surface area contributed by atoms with Crippen molar-refractivity contribution in [1.82, 2.24) is 14.9 Å². The molecule has 39 heavy (non-hydrogen) atoms. The Hall–Kier alpha value is -3.62. The first-order valence-electron chi connectivity index (χ1n) is 13.8. The lowest BCUT2D eigenvalue weighted by atomic mass is 9.72. The molecule has 0 radical (unpaired) electrons. The van der Waals surface area contributed by atoms with Crippen LogP contribution >= 0.6 is 0 Å². The summed E-state index contributed by atoms with van der Waals surface area (Å²) in [6, 6.07) is 6.24. The van der Waals surface area contributed by atoms with Gasteiger partial charge in [-0.3, -0.25) is 23.9 Å². The molecule has 4 fully saturated rings. The number of aromatic nitrogens is 2. The number of rotatable bonds is 4. The molecular weight excluding hydrogens is 502 g/mol. The van der Waals surface area contributed by atoms with Gasteiger partial charge in [-0.05, 0) is 93.4 Å². The molecule has 1 aliphatic heterocycles. The summed E-state index contributed by atoms with van der Waals surface area (Å²) in [6.07, 6.45) is 8.75. The molecule has 3 aliphatic carbocycles. The minimum Gasteiger partial charge on any atom is -0.347 e. The highest BCUT2D eigenvalue weighted by Crippen LogP contribution is 2.72. The summed E-state index contributed by atoms with van der Waals surface area (Å²) < 4.78 is 30.2. The van der Waals surface area contributed by atoms with Crippen LogP contribution < -0.4 is 15.6 Å². The van der Waals surface area contributed by atoms with E-state index in [9.17, 15) is 18.8 Å². The SMILES string of the molecule is CC1(NC(=O)c2cn(-c3ccc(F)cc3F)c3nc(N4CCCCC4=O)ccc3c2=O)CC2CC3CC3(C2)C1. The minimum absolute atomic E-state index is 0.0493. The van der Waals surface area contributed by atoms with Crippen LogP contribution in [0.15, 0.2) is 41.3 Å². The van der Waals surface area contributed by atoms with Gasteiger partial charge in [-0.25, -0.2) is 13.8 Å². The molecule has 7 nitrogen and oxygen atoms in total. The predicted octanol–water partition coefficient (Wildman–Crippen LogP) is 4.88. The first-order valence-corrected chi connectivity index (χ1v) is 13.8. The van der Waals surface area contributed by atoms with E-state index in [1.54, 1.807) is 11.0 Å². The van der Waals surface area contributed by atoms with Crippen molar-refractivity contribution in [2.45, 2.75) is 63.8 Å². The smallest absolute Gasteiger partial charge is 0.257 e. The van der Waals surface area contributed by atoms with Crippen molar-refractivity contribution in [3.63, 3.8) is 0 Å². The maximum Gasteiger partial charge on any atom is 0.257 e. The number of amides is 2. The molecule has 1 N–H and O–H groups in total. The van der Waals surface area contributed by atoms with Crippen molar-refractivity contribution in [2.24, 2.45) is 17.3 Å². The summed E-state index contributed by atoms with van der Waals surface area (Å²) in [6.45, 7) is 2.55. The molecule has 2 aromatic heterocycles. The number of hydrogen-bond acceptors (Lipinski definition) is 4.